The second-order valence-corrected chi connectivity index (χ2v) is 6.17. The minimum atomic E-state index is 0.354. The third kappa shape index (κ3) is 3.43. The molecule has 2 atom stereocenters. The predicted molar refractivity (Wildman–Crippen MR) is 76.2 cm³/mol. The molecule has 88 valence electrons. The number of piperidine rings is 1. The molecule has 0 radical (unpaired) electrons. The molecule has 0 aliphatic carbocycles. The average Bonchev–Trinajstić information content (AvgIpc) is 2.20. The molecule has 2 rings (SSSR count). The van der Waals surface area contributed by atoms with E-state index in [-0.39, 0.29) is 0 Å². The smallest absolute Gasteiger partial charge is 0.0234 e. The zero-order valence-electron chi connectivity index (χ0n) is 9.70. The maximum absolute atomic E-state index is 6.05. The first-order valence-corrected chi connectivity index (χ1v) is 6.94. The molecule has 0 saturated carbocycles. The van der Waals surface area contributed by atoms with E-state index < -0.39 is 0 Å². The van der Waals surface area contributed by atoms with Gasteiger partial charge in [-0.1, -0.05) is 19.1 Å². The monoisotopic (exact) mass is 330 g/mol. The summed E-state index contributed by atoms with van der Waals surface area (Å²) in [6, 6.07) is 9.12. The van der Waals surface area contributed by atoms with Crippen LogP contribution in [-0.4, -0.2) is 24.0 Å². The van der Waals surface area contributed by atoms with E-state index in [1.165, 1.54) is 22.1 Å². The molecule has 3 heteroatoms. The number of rotatable bonds is 2. The van der Waals surface area contributed by atoms with Gasteiger partial charge in [-0.25, -0.2) is 0 Å². The maximum Gasteiger partial charge on any atom is 0.0234 e. The fraction of sp³-hybridized carbons (Fsp3) is 0.538. The zero-order chi connectivity index (χ0) is 11.5. The quantitative estimate of drug-likeness (QED) is 0.844. The largest absolute Gasteiger partial charge is 0.327 e. The molecule has 0 bridgehead atoms. The van der Waals surface area contributed by atoms with Crippen molar-refractivity contribution >= 4 is 22.6 Å². The van der Waals surface area contributed by atoms with Crippen LogP contribution in [0.4, 0.5) is 0 Å². The molecule has 0 spiro atoms. The molecule has 1 aromatic carbocycles. The lowest BCUT2D eigenvalue weighted by atomic mass is 9.96. The van der Waals surface area contributed by atoms with Gasteiger partial charge < -0.3 is 5.73 Å². The summed E-state index contributed by atoms with van der Waals surface area (Å²) < 4.78 is 1.30. The first-order valence-electron chi connectivity index (χ1n) is 5.86. The number of benzene rings is 1. The van der Waals surface area contributed by atoms with Crippen LogP contribution >= 0.6 is 22.6 Å². The third-order valence-corrected chi connectivity index (χ3v) is 3.81. The van der Waals surface area contributed by atoms with Crippen molar-refractivity contribution in [2.45, 2.75) is 25.9 Å². The van der Waals surface area contributed by atoms with Gasteiger partial charge in [0.25, 0.3) is 0 Å². The van der Waals surface area contributed by atoms with Gasteiger partial charge in [-0.2, -0.15) is 0 Å². The van der Waals surface area contributed by atoms with Crippen molar-refractivity contribution in [3.05, 3.63) is 33.4 Å². The van der Waals surface area contributed by atoms with E-state index in [2.05, 4.69) is 58.7 Å². The lowest BCUT2D eigenvalue weighted by Gasteiger charge is -2.34. The van der Waals surface area contributed by atoms with Gasteiger partial charge in [0.2, 0.25) is 0 Å². The highest BCUT2D eigenvalue weighted by Gasteiger charge is 2.21. The summed E-state index contributed by atoms with van der Waals surface area (Å²) in [4.78, 5) is 2.47. The van der Waals surface area contributed by atoms with Gasteiger partial charge in [0.15, 0.2) is 0 Å². The summed E-state index contributed by atoms with van der Waals surface area (Å²) >= 11 is 2.34. The summed E-state index contributed by atoms with van der Waals surface area (Å²) in [6.45, 7) is 5.55. The van der Waals surface area contributed by atoms with Gasteiger partial charge in [-0.15, -0.1) is 0 Å². The molecule has 1 aliphatic rings. The van der Waals surface area contributed by atoms with Crippen molar-refractivity contribution in [3.63, 3.8) is 0 Å². The van der Waals surface area contributed by atoms with Crippen LogP contribution in [0.15, 0.2) is 24.3 Å². The molecule has 2 N–H and O–H groups in total. The van der Waals surface area contributed by atoms with Crippen LogP contribution in [0.25, 0.3) is 0 Å². The van der Waals surface area contributed by atoms with E-state index in [0.29, 0.717) is 6.04 Å². The van der Waals surface area contributed by atoms with E-state index in [0.717, 1.165) is 19.0 Å². The second-order valence-electron chi connectivity index (χ2n) is 4.92. The number of hydrogen-bond donors (Lipinski definition) is 1. The Labute approximate surface area is 111 Å². The number of nitrogens with two attached hydrogens (primary N) is 1. The third-order valence-electron chi connectivity index (χ3n) is 3.09. The Balaban J connectivity index is 1.96. The summed E-state index contributed by atoms with van der Waals surface area (Å²) in [6.07, 6.45) is 1.17. The van der Waals surface area contributed by atoms with Crippen molar-refractivity contribution in [2.75, 3.05) is 13.1 Å². The Hall–Kier alpha value is -0.130. The molecule has 0 aromatic heterocycles. The minimum Gasteiger partial charge on any atom is -0.327 e. The number of hydrogen-bond acceptors (Lipinski definition) is 2. The van der Waals surface area contributed by atoms with Crippen molar-refractivity contribution in [2.24, 2.45) is 11.7 Å². The van der Waals surface area contributed by atoms with Crippen LogP contribution < -0.4 is 5.73 Å². The van der Waals surface area contributed by atoms with Crippen molar-refractivity contribution in [1.29, 1.82) is 0 Å². The zero-order valence-corrected chi connectivity index (χ0v) is 11.9. The molecule has 1 aromatic rings. The standard InChI is InChI=1S/C13H19IN2/c1-10-6-13(15)9-16(7-10)8-11-2-4-12(14)5-3-11/h2-5,10,13H,6-9,15H2,1H3. The summed E-state index contributed by atoms with van der Waals surface area (Å²) in [5.41, 5.74) is 7.44. The van der Waals surface area contributed by atoms with E-state index in [4.69, 9.17) is 5.73 Å². The minimum absolute atomic E-state index is 0.354. The Morgan fingerprint density at radius 1 is 1.31 bits per heavy atom. The van der Waals surface area contributed by atoms with Gasteiger partial charge in [0, 0.05) is 29.2 Å². The maximum atomic E-state index is 6.05. The van der Waals surface area contributed by atoms with Gasteiger partial charge >= 0.3 is 0 Å². The normalized spacial score (nSPS) is 26.9. The predicted octanol–water partition coefficient (Wildman–Crippen LogP) is 2.46. The molecule has 0 amide bonds. The topological polar surface area (TPSA) is 29.3 Å². The van der Waals surface area contributed by atoms with Crippen molar-refractivity contribution in [3.8, 4) is 0 Å². The SMILES string of the molecule is CC1CC(N)CN(Cc2ccc(I)cc2)C1. The first-order chi connectivity index (χ1) is 7.63. The lowest BCUT2D eigenvalue weighted by molar-refractivity contribution is 0.158. The van der Waals surface area contributed by atoms with Crippen LogP contribution in [-0.2, 0) is 6.54 Å². The van der Waals surface area contributed by atoms with E-state index in [1.807, 2.05) is 0 Å². The highest BCUT2D eigenvalue weighted by Crippen LogP contribution is 2.17. The Morgan fingerprint density at radius 2 is 2.00 bits per heavy atom. The molecule has 2 nitrogen and oxygen atoms in total. The molecule has 16 heavy (non-hydrogen) atoms. The number of likely N-dealkylation sites (tertiary alicyclic amines) is 1. The highest BCUT2D eigenvalue weighted by atomic mass is 127. The van der Waals surface area contributed by atoms with Crippen LogP contribution in [0.3, 0.4) is 0 Å². The molecular formula is C13H19IN2. The fourth-order valence-electron chi connectivity index (χ4n) is 2.49. The van der Waals surface area contributed by atoms with E-state index >= 15 is 0 Å². The molecule has 1 fully saturated rings. The first kappa shape index (κ1) is 12.3. The Bertz CT molecular complexity index is 326. The van der Waals surface area contributed by atoms with E-state index in [1.54, 1.807) is 0 Å². The van der Waals surface area contributed by atoms with Crippen LogP contribution in [0.5, 0.6) is 0 Å². The van der Waals surface area contributed by atoms with Gasteiger partial charge in [0.1, 0.15) is 0 Å². The number of halogens is 1. The van der Waals surface area contributed by atoms with Crippen LogP contribution in [0.1, 0.15) is 18.9 Å². The summed E-state index contributed by atoms with van der Waals surface area (Å²) in [5, 5.41) is 0. The Morgan fingerprint density at radius 3 is 2.62 bits per heavy atom. The summed E-state index contributed by atoms with van der Waals surface area (Å²) in [7, 11) is 0. The lowest BCUT2D eigenvalue weighted by Crippen LogP contribution is -2.45. The second kappa shape index (κ2) is 5.47. The fourth-order valence-corrected chi connectivity index (χ4v) is 2.85. The Kier molecular flexibility index (Phi) is 4.21. The van der Waals surface area contributed by atoms with Crippen LogP contribution in [0, 0.1) is 9.49 Å². The van der Waals surface area contributed by atoms with Gasteiger partial charge in [-0.3, -0.25) is 4.90 Å². The van der Waals surface area contributed by atoms with E-state index in [9.17, 15) is 0 Å². The molecule has 1 saturated heterocycles. The molecule has 1 heterocycles. The number of nitrogens with zero attached hydrogens (tertiary/aromatic N) is 1. The molecule has 1 aliphatic heterocycles. The van der Waals surface area contributed by atoms with Gasteiger partial charge in [-0.05, 0) is 52.6 Å². The summed E-state index contributed by atoms with van der Waals surface area (Å²) in [5.74, 6) is 0.729. The van der Waals surface area contributed by atoms with Gasteiger partial charge in [0.05, 0.1) is 0 Å². The average molecular weight is 330 g/mol. The van der Waals surface area contributed by atoms with Crippen molar-refractivity contribution in [1.82, 2.24) is 4.90 Å². The molecular weight excluding hydrogens is 311 g/mol. The van der Waals surface area contributed by atoms with Crippen LogP contribution in [0.2, 0.25) is 0 Å². The highest BCUT2D eigenvalue weighted by molar-refractivity contribution is 14.1. The van der Waals surface area contributed by atoms with Crippen molar-refractivity contribution < 1.29 is 0 Å². The molecule has 2 unspecified atom stereocenters.